The number of rotatable bonds is 3. The van der Waals surface area contributed by atoms with Gasteiger partial charge in [-0.1, -0.05) is 30.0 Å². The summed E-state index contributed by atoms with van der Waals surface area (Å²) in [5.74, 6) is -0.532. The predicted molar refractivity (Wildman–Crippen MR) is 89.2 cm³/mol. The largest absolute Gasteiger partial charge is 0.478 e. The number of carboxylic acids is 1. The summed E-state index contributed by atoms with van der Waals surface area (Å²) in [6, 6.07) is -0.573. The number of β-amino-alcohol motifs (C(OH)–C–C–N with tert-alkyl or cyclic N) is 2. The first-order valence-corrected chi connectivity index (χ1v) is 8.54. The number of carbonyl (C=O) groups is 1. The van der Waals surface area contributed by atoms with Crippen LogP contribution in [0.1, 0.15) is 12.6 Å². The van der Waals surface area contributed by atoms with Crippen molar-refractivity contribution >= 4 is 17.7 Å². The summed E-state index contributed by atoms with van der Waals surface area (Å²) in [5, 5.41) is 27.8. The third kappa shape index (κ3) is 3.10. The molecular formula is C16H19N3O4S. The van der Waals surface area contributed by atoms with E-state index >= 15 is 0 Å². The average molecular weight is 349 g/mol. The molecule has 0 spiro atoms. The smallest absolute Gasteiger partial charge is 0.333 e. The minimum absolute atomic E-state index is 0.0450. The van der Waals surface area contributed by atoms with Crippen LogP contribution >= 0.6 is 11.8 Å². The van der Waals surface area contributed by atoms with E-state index in [0.29, 0.717) is 18.0 Å². The van der Waals surface area contributed by atoms with Crippen molar-refractivity contribution in [1.29, 1.82) is 0 Å². The van der Waals surface area contributed by atoms with Crippen LogP contribution in [-0.4, -0.2) is 66.2 Å². The number of aliphatic carboxylic acids is 1. The van der Waals surface area contributed by atoms with Gasteiger partial charge in [-0.15, -0.1) is 0 Å². The molecule has 128 valence electrons. The highest BCUT2D eigenvalue weighted by molar-refractivity contribution is 8.00. The van der Waals surface area contributed by atoms with E-state index in [1.807, 2.05) is 13.0 Å². The molecule has 0 aromatic carbocycles. The maximum Gasteiger partial charge on any atom is 0.333 e. The Morgan fingerprint density at radius 2 is 2.21 bits per heavy atom. The van der Waals surface area contributed by atoms with Crippen molar-refractivity contribution in [3.63, 3.8) is 0 Å². The summed E-state index contributed by atoms with van der Waals surface area (Å²) < 4.78 is 0. The van der Waals surface area contributed by atoms with Gasteiger partial charge in [0.25, 0.3) is 0 Å². The van der Waals surface area contributed by atoms with Crippen LogP contribution in [0.3, 0.4) is 0 Å². The summed E-state index contributed by atoms with van der Waals surface area (Å²) in [5.41, 5.74) is 0.0978. The molecule has 1 aliphatic heterocycles. The molecule has 2 aliphatic rings. The fourth-order valence-corrected chi connectivity index (χ4v) is 4.27. The number of nitrogens with zero attached hydrogens (tertiary/aromatic N) is 3. The fraction of sp³-hybridized carbons (Fsp3) is 0.438. The lowest BCUT2D eigenvalue weighted by molar-refractivity contribution is -0.135. The van der Waals surface area contributed by atoms with Gasteiger partial charge in [0.15, 0.2) is 0 Å². The second-order valence-corrected chi connectivity index (χ2v) is 7.47. The molecule has 0 saturated carbocycles. The number of hydrogen-bond donors (Lipinski definition) is 3. The van der Waals surface area contributed by atoms with Crippen molar-refractivity contribution in [2.75, 3.05) is 18.8 Å². The van der Waals surface area contributed by atoms with Crippen LogP contribution in [-0.2, 0) is 10.2 Å². The van der Waals surface area contributed by atoms with E-state index in [1.54, 1.807) is 35.6 Å². The standard InChI is InChI=1S/C16H19N3O4S/c1-15(12-9-17-5-6-18-12)4-2-3-11(14(20)21)13(15)19-7-8-24-16(22,23)10-19/h2-6,9,13,22-23H,7-8,10H2,1H3,(H,20,21). The second-order valence-electron chi connectivity index (χ2n) is 6.12. The minimum Gasteiger partial charge on any atom is -0.478 e. The van der Waals surface area contributed by atoms with Gasteiger partial charge in [0.05, 0.1) is 23.9 Å². The topological polar surface area (TPSA) is 107 Å². The number of hydrogen-bond acceptors (Lipinski definition) is 7. The number of allylic oxidation sites excluding steroid dienone is 2. The van der Waals surface area contributed by atoms with E-state index in [-0.39, 0.29) is 12.1 Å². The maximum absolute atomic E-state index is 11.8. The molecule has 0 bridgehead atoms. The molecule has 8 heteroatoms. The van der Waals surface area contributed by atoms with Gasteiger partial charge < -0.3 is 15.3 Å². The van der Waals surface area contributed by atoms with Crippen LogP contribution in [0.15, 0.2) is 42.4 Å². The summed E-state index contributed by atoms with van der Waals surface area (Å²) in [6.07, 6.45) is 9.91. The van der Waals surface area contributed by atoms with Crippen molar-refractivity contribution < 1.29 is 20.1 Å². The van der Waals surface area contributed by atoms with Crippen LogP contribution in [0.5, 0.6) is 0 Å². The quantitative estimate of drug-likeness (QED) is 0.672. The molecule has 1 aromatic heterocycles. The molecule has 1 aromatic rings. The van der Waals surface area contributed by atoms with Crippen molar-refractivity contribution in [2.24, 2.45) is 0 Å². The number of thioether (sulfide) groups is 1. The summed E-state index contributed by atoms with van der Waals surface area (Å²) >= 11 is 1.05. The zero-order valence-electron chi connectivity index (χ0n) is 13.2. The number of carboxylic acid groups (broad SMARTS) is 1. The molecule has 3 rings (SSSR count). The Bertz CT molecular complexity index is 692. The molecule has 0 radical (unpaired) electrons. The van der Waals surface area contributed by atoms with Crippen molar-refractivity contribution in [3.8, 4) is 0 Å². The third-order valence-corrected chi connectivity index (χ3v) is 5.41. The van der Waals surface area contributed by atoms with Gasteiger partial charge in [-0.05, 0) is 6.92 Å². The summed E-state index contributed by atoms with van der Waals surface area (Å²) in [6.45, 7) is 2.40. The highest BCUT2D eigenvalue weighted by Crippen LogP contribution is 2.40. The van der Waals surface area contributed by atoms with Crippen LogP contribution in [0.25, 0.3) is 0 Å². The Balaban J connectivity index is 2.06. The summed E-state index contributed by atoms with van der Waals surface area (Å²) in [4.78, 5) is 22.1. The van der Waals surface area contributed by atoms with Crippen LogP contribution in [0.4, 0.5) is 0 Å². The van der Waals surface area contributed by atoms with E-state index in [1.165, 1.54) is 0 Å². The van der Waals surface area contributed by atoms with Crippen molar-refractivity contribution in [1.82, 2.24) is 14.9 Å². The second kappa shape index (κ2) is 6.29. The molecule has 2 heterocycles. The first-order chi connectivity index (χ1) is 11.3. The Morgan fingerprint density at radius 3 is 2.83 bits per heavy atom. The molecule has 0 amide bonds. The molecule has 24 heavy (non-hydrogen) atoms. The average Bonchev–Trinajstić information content (AvgIpc) is 2.54. The molecule has 1 saturated heterocycles. The molecule has 2 atom stereocenters. The molecule has 7 nitrogen and oxygen atoms in total. The predicted octanol–water partition coefficient (Wildman–Crippen LogP) is 0.371. The van der Waals surface area contributed by atoms with Gasteiger partial charge in [-0.25, -0.2) is 4.79 Å². The van der Waals surface area contributed by atoms with Gasteiger partial charge in [-0.2, -0.15) is 0 Å². The first-order valence-electron chi connectivity index (χ1n) is 7.55. The van der Waals surface area contributed by atoms with Gasteiger partial charge in [0, 0.05) is 36.3 Å². The number of aliphatic hydroxyl groups is 2. The minimum atomic E-state index is -1.90. The molecule has 3 N–H and O–H groups in total. The van der Waals surface area contributed by atoms with E-state index in [0.717, 1.165) is 11.8 Å². The van der Waals surface area contributed by atoms with Crippen LogP contribution in [0, 0.1) is 0 Å². The van der Waals surface area contributed by atoms with Crippen LogP contribution in [0.2, 0.25) is 0 Å². The zero-order chi connectivity index (χ0) is 17.4. The van der Waals surface area contributed by atoms with E-state index in [2.05, 4.69) is 9.97 Å². The molecule has 2 unspecified atom stereocenters. The monoisotopic (exact) mass is 349 g/mol. The maximum atomic E-state index is 11.8. The van der Waals surface area contributed by atoms with E-state index in [9.17, 15) is 20.1 Å². The molecular weight excluding hydrogens is 330 g/mol. The number of aromatic nitrogens is 2. The Labute approximate surface area is 143 Å². The Hall–Kier alpha value is -1.74. The van der Waals surface area contributed by atoms with Gasteiger partial charge >= 0.3 is 5.97 Å². The van der Waals surface area contributed by atoms with Crippen molar-refractivity contribution in [3.05, 3.63) is 48.1 Å². The molecule has 1 aliphatic carbocycles. The lowest BCUT2D eigenvalue weighted by atomic mass is 9.72. The highest BCUT2D eigenvalue weighted by atomic mass is 32.2. The Morgan fingerprint density at radius 1 is 1.42 bits per heavy atom. The van der Waals surface area contributed by atoms with Gasteiger partial charge in [0.2, 0.25) is 5.12 Å². The third-order valence-electron chi connectivity index (χ3n) is 4.43. The lowest BCUT2D eigenvalue weighted by Crippen LogP contribution is -2.58. The normalized spacial score (nSPS) is 30.0. The van der Waals surface area contributed by atoms with Crippen molar-refractivity contribution in [2.45, 2.75) is 23.5 Å². The fourth-order valence-electron chi connectivity index (χ4n) is 3.36. The van der Waals surface area contributed by atoms with E-state index in [4.69, 9.17) is 0 Å². The van der Waals surface area contributed by atoms with E-state index < -0.39 is 22.5 Å². The van der Waals surface area contributed by atoms with Crippen LogP contribution < -0.4 is 0 Å². The molecule has 1 fully saturated rings. The summed E-state index contributed by atoms with van der Waals surface area (Å²) in [7, 11) is 0. The van der Waals surface area contributed by atoms with Gasteiger partial charge in [0.1, 0.15) is 0 Å². The Kier molecular flexibility index (Phi) is 4.48. The highest BCUT2D eigenvalue weighted by Gasteiger charge is 2.47. The SMILES string of the molecule is CC1(c2cnccn2)C=CC=C(C(=O)O)C1N1CCSC(O)(O)C1. The zero-order valence-corrected chi connectivity index (χ0v) is 14.0. The lowest BCUT2D eigenvalue weighted by Gasteiger charge is -2.47. The first kappa shape index (κ1) is 17.1. The van der Waals surface area contributed by atoms with Gasteiger partial charge in [-0.3, -0.25) is 14.9 Å².